The lowest BCUT2D eigenvalue weighted by Gasteiger charge is -2.19. The third kappa shape index (κ3) is 4.30. The Balaban J connectivity index is 2.52. The van der Waals surface area contributed by atoms with Crippen LogP contribution in [0.15, 0.2) is 23.9 Å². The number of carbonyl (C=O) groups excluding carboxylic acids is 2. The van der Waals surface area contributed by atoms with Crippen LogP contribution in [0.25, 0.3) is 0 Å². The lowest BCUT2D eigenvalue weighted by molar-refractivity contribution is -0.142. The van der Waals surface area contributed by atoms with Crippen LogP contribution in [0.3, 0.4) is 0 Å². The third-order valence-electron chi connectivity index (χ3n) is 1.96. The molecule has 1 N–H and O–H groups in total. The van der Waals surface area contributed by atoms with Crippen LogP contribution < -0.4 is 5.32 Å². The predicted molar refractivity (Wildman–Crippen MR) is 62.1 cm³/mol. The number of alkyl carbamates (subject to hydrolysis) is 1. The topological polar surface area (TPSA) is 64.6 Å². The van der Waals surface area contributed by atoms with Crippen molar-refractivity contribution in [3.8, 4) is 0 Å². The molecule has 0 aromatic rings. The molecule has 5 nitrogen and oxygen atoms in total. The summed E-state index contributed by atoms with van der Waals surface area (Å²) < 4.78 is 9.67. The van der Waals surface area contributed by atoms with E-state index in [1.54, 1.807) is 39.0 Å². The molecule has 1 rings (SSSR count). The molecule has 94 valence electrons. The van der Waals surface area contributed by atoms with E-state index in [4.69, 9.17) is 4.74 Å². The highest BCUT2D eigenvalue weighted by molar-refractivity contribution is 5.79. The van der Waals surface area contributed by atoms with Gasteiger partial charge >= 0.3 is 12.1 Å². The van der Waals surface area contributed by atoms with E-state index in [2.05, 4.69) is 10.1 Å². The highest BCUT2D eigenvalue weighted by Gasteiger charge is 2.21. The molecule has 0 saturated heterocycles. The smallest absolute Gasteiger partial charge is 0.412 e. The molecule has 1 atom stereocenters. The molecule has 17 heavy (non-hydrogen) atoms. The first-order valence-electron chi connectivity index (χ1n) is 5.29. The van der Waals surface area contributed by atoms with Crippen LogP contribution in [0, 0.1) is 5.92 Å². The van der Waals surface area contributed by atoms with Gasteiger partial charge in [-0.2, -0.15) is 0 Å². The Morgan fingerprint density at radius 2 is 2.00 bits per heavy atom. The van der Waals surface area contributed by atoms with Gasteiger partial charge in [0.1, 0.15) is 5.60 Å². The molecule has 0 radical (unpaired) electrons. The van der Waals surface area contributed by atoms with Gasteiger partial charge in [0.2, 0.25) is 0 Å². The van der Waals surface area contributed by atoms with Gasteiger partial charge in [0.05, 0.1) is 13.0 Å². The van der Waals surface area contributed by atoms with E-state index in [0.29, 0.717) is 5.70 Å². The summed E-state index contributed by atoms with van der Waals surface area (Å²) in [6, 6.07) is 0. The van der Waals surface area contributed by atoms with Crippen molar-refractivity contribution < 1.29 is 19.1 Å². The van der Waals surface area contributed by atoms with Crippen molar-refractivity contribution >= 4 is 12.1 Å². The second kappa shape index (κ2) is 5.03. The van der Waals surface area contributed by atoms with Gasteiger partial charge in [-0.15, -0.1) is 0 Å². The van der Waals surface area contributed by atoms with Gasteiger partial charge in [0.25, 0.3) is 0 Å². The minimum atomic E-state index is -0.547. The number of methoxy groups -OCH3 is 1. The van der Waals surface area contributed by atoms with Gasteiger partial charge in [0.15, 0.2) is 0 Å². The average Bonchev–Trinajstić information content (AvgIpc) is 2.62. The molecule has 1 aliphatic carbocycles. The van der Waals surface area contributed by atoms with Gasteiger partial charge in [0, 0.05) is 5.70 Å². The number of hydrogen-bond donors (Lipinski definition) is 1. The van der Waals surface area contributed by atoms with E-state index in [1.807, 2.05) is 0 Å². The Morgan fingerprint density at radius 3 is 2.53 bits per heavy atom. The lowest BCUT2D eigenvalue weighted by atomic mass is 10.2. The molecule has 1 amide bonds. The molecule has 0 bridgehead atoms. The fourth-order valence-corrected chi connectivity index (χ4v) is 1.30. The Hall–Kier alpha value is -1.78. The zero-order valence-corrected chi connectivity index (χ0v) is 10.4. The number of esters is 1. The summed E-state index contributed by atoms with van der Waals surface area (Å²) in [4.78, 5) is 22.6. The van der Waals surface area contributed by atoms with E-state index < -0.39 is 17.6 Å². The van der Waals surface area contributed by atoms with Gasteiger partial charge in [-0.1, -0.05) is 6.08 Å². The van der Waals surface area contributed by atoms with Crippen molar-refractivity contribution in [2.24, 2.45) is 5.92 Å². The van der Waals surface area contributed by atoms with Crippen LogP contribution in [-0.2, 0) is 14.3 Å². The molecule has 1 unspecified atom stereocenters. The number of allylic oxidation sites excluding steroid dienone is 1. The number of amides is 1. The molecule has 0 saturated carbocycles. The fourth-order valence-electron chi connectivity index (χ4n) is 1.30. The number of hydrogen-bond acceptors (Lipinski definition) is 4. The molecular weight excluding hydrogens is 222 g/mol. The maximum Gasteiger partial charge on any atom is 0.412 e. The van der Waals surface area contributed by atoms with E-state index in [9.17, 15) is 9.59 Å². The summed E-state index contributed by atoms with van der Waals surface area (Å²) in [6.45, 7) is 5.34. The minimum absolute atomic E-state index is 0.359. The van der Waals surface area contributed by atoms with Crippen molar-refractivity contribution in [2.45, 2.75) is 26.4 Å². The normalized spacial score (nSPS) is 18.6. The van der Waals surface area contributed by atoms with Gasteiger partial charge < -0.3 is 9.47 Å². The fraction of sp³-hybridized carbons (Fsp3) is 0.500. The predicted octanol–water partition coefficient (Wildman–Crippen LogP) is 1.75. The van der Waals surface area contributed by atoms with E-state index in [-0.39, 0.29) is 5.97 Å². The summed E-state index contributed by atoms with van der Waals surface area (Å²) in [5.74, 6) is -0.799. The van der Waals surface area contributed by atoms with Gasteiger partial charge in [-0.25, -0.2) is 4.79 Å². The zero-order valence-electron chi connectivity index (χ0n) is 10.4. The molecule has 0 spiro atoms. The van der Waals surface area contributed by atoms with E-state index in [1.165, 1.54) is 7.11 Å². The second-order valence-electron chi connectivity index (χ2n) is 4.66. The molecule has 0 aromatic heterocycles. The highest BCUT2D eigenvalue weighted by atomic mass is 16.6. The first-order chi connectivity index (χ1) is 7.81. The van der Waals surface area contributed by atoms with Crippen LogP contribution in [-0.4, -0.2) is 24.8 Å². The maximum atomic E-state index is 11.4. The SMILES string of the molecule is COC(=O)C1C=CC(NC(=O)OC(C)(C)C)=C1. The van der Waals surface area contributed by atoms with Gasteiger partial charge in [-0.3, -0.25) is 10.1 Å². The summed E-state index contributed by atoms with van der Waals surface area (Å²) in [5.41, 5.74) is -0.0102. The third-order valence-corrected chi connectivity index (χ3v) is 1.96. The lowest BCUT2D eigenvalue weighted by Crippen LogP contribution is -2.31. The Kier molecular flexibility index (Phi) is 3.93. The monoisotopic (exact) mass is 239 g/mol. The van der Waals surface area contributed by atoms with Crippen LogP contribution >= 0.6 is 0 Å². The van der Waals surface area contributed by atoms with Crippen LogP contribution in [0.2, 0.25) is 0 Å². The largest absolute Gasteiger partial charge is 0.468 e. The number of carbonyl (C=O) groups is 2. The highest BCUT2D eigenvalue weighted by Crippen LogP contribution is 2.16. The number of ether oxygens (including phenoxy) is 2. The van der Waals surface area contributed by atoms with Crippen molar-refractivity contribution in [3.63, 3.8) is 0 Å². The van der Waals surface area contributed by atoms with Crippen LogP contribution in [0.4, 0.5) is 4.79 Å². The number of rotatable bonds is 2. The van der Waals surface area contributed by atoms with Crippen molar-refractivity contribution in [2.75, 3.05) is 7.11 Å². The second-order valence-corrected chi connectivity index (χ2v) is 4.66. The van der Waals surface area contributed by atoms with E-state index >= 15 is 0 Å². The number of nitrogens with one attached hydrogen (secondary N) is 1. The van der Waals surface area contributed by atoms with Crippen molar-refractivity contribution in [1.82, 2.24) is 5.32 Å². The summed E-state index contributed by atoms with van der Waals surface area (Å²) in [7, 11) is 1.32. The average molecular weight is 239 g/mol. The quantitative estimate of drug-likeness (QED) is 0.746. The molecule has 0 aromatic carbocycles. The van der Waals surface area contributed by atoms with Crippen molar-refractivity contribution in [3.05, 3.63) is 23.9 Å². The Labute approximate surface area is 100 Å². The molecule has 5 heteroatoms. The minimum Gasteiger partial charge on any atom is -0.468 e. The molecule has 0 aliphatic heterocycles. The summed E-state index contributed by atoms with van der Waals surface area (Å²) >= 11 is 0. The Morgan fingerprint density at radius 1 is 1.35 bits per heavy atom. The molecule has 0 fully saturated rings. The zero-order chi connectivity index (χ0) is 13.1. The summed E-state index contributed by atoms with van der Waals surface area (Å²) in [6.07, 6.45) is 4.36. The standard InChI is InChI=1S/C12H17NO4/c1-12(2,3)17-11(15)13-9-6-5-8(7-9)10(14)16-4/h5-8H,1-4H3,(H,13,15). The van der Waals surface area contributed by atoms with Crippen LogP contribution in [0.5, 0.6) is 0 Å². The van der Waals surface area contributed by atoms with Crippen LogP contribution in [0.1, 0.15) is 20.8 Å². The van der Waals surface area contributed by atoms with Gasteiger partial charge in [-0.05, 0) is 32.9 Å². The van der Waals surface area contributed by atoms with Crippen molar-refractivity contribution in [1.29, 1.82) is 0 Å². The first kappa shape index (κ1) is 13.3. The molecule has 1 aliphatic rings. The molecular formula is C12H17NO4. The van der Waals surface area contributed by atoms with E-state index in [0.717, 1.165) is 0 Å². The Bertz CT molecular complexity index is 376. The first-order valence-corrected chi connectivity index (χ1v) is 5.29. The maximum absolute atomic E-state index is 11.4. The summed E-state index contributed by atoms with van der Waals surface area (Å²) in [5, 5.41) is 2.55. The molecule has 0 heterocycles.